The molecule has 1 spiro atoms. The number of phenols is 1. The first-order valence-corrected chi connectivity index (χ1v) is 8.56. The third-order valence-electron chi connectivity index (χ3n) is 3.98. The Morgan fingerprint density at radius 3 is 2.76 bits per heavy atom. The van der Waals surface area contributed by atoms with Crippen LogP contribution in [0.2, 0.25) is 10.0 Å². The first-order valence-electron chi connectivity index (χ1n) is 6.82. The molecule has 2 fully saturated rings. The van der Waals surface area contributed by atoms with Gasteiger partial charge in [0.1, 0.15) is 5.75 Å². The van der Waals surface area contributed by atoms with Gasteiger partial charge in [0, 0.05) is 35.9 Å². The molecule has 0 aromatic heterocycles. The number of benzene rings is 1. The van der Waals surface area contributed by atoms with E-state index >= 15 is 0 Å². The summed E-state index contributed by atoms with van der Waals surface area (Å²) in [5.74, 6) is 0.692. The van der Waals surface area contributed by atoms with Crippen LogP contribution >= 0.6 is 35.0 Å². The van der Waals surface area contributed by atoms with Gasteiger partial charge in [0.25, 0.3) is 5.91 Å². The largest absolute Gasteiger partial charge is 0.506 e. The van der Waals surface area contributed by atoms with Crippen molar-refractivity contribution in [3.8, 4) is 5.75 Å². The minimum absolute atomic E-state index is 0.0827. The number of carbonyl (C=O) groups excluding carboxylic acids is 1. The van der Waals surface area contributed by atoms with Crippen molar-refractivity contribution in [1.29, 1.82) is 0 Å². The molecule has 1 amide bonds. The minimum Gasteiger partial charge on any atom is -0.506 e. The Labute approximate surface area is 137 Å². The van der Waals surface area contributed by atoms with Gasteiger partial charge >= 0.3 is 0 Å². The highest BCUT2D eigenvalue weighted by Crippen LogP contribution is 2.47. The summed E-state index contributed by atoms with van der Waals surface area (Å²) in [4.78, 5) is 14.4. The van der Waals surface area contributed by atoms with E-state index in [0.29, 0.717) is 16.3 Å². The standard InChI is InChI=1S/C14H16Cl2N2O2S/c15-9-5-10(12(19)11(16)6-9)13(20)17-2-3-18-7-14(8-18)1-4-21-14/h5-6,19H,1-4,7-8H2,(H,17,20). The average Bonchev–Trinajstić information content (AvgIpc) is 2.34. The highest BCUT2D eigenvalue weighted by Gasteiger charge is 2.47. The van der Waals surface area contributed by atoms with Gasteiger partial charge in [-0.2, -0.15) is 11.8 Å². The number of hydrogen-bond donors (Lipinski definition) is 2. The molecule has 1 aromatic carbocycles. The summed E-state index contributed by atoms with van der Waals surface area (Å²) in [6.45, 7) is 3.59. The van der Waals surface area contributed by atoms with Crippen LogP contribution in [0.4, 0.5) is 0 Å². The van der Waals surface area contributed by atoms with Crippen molar-refractivity contribution in [3.05, 3.63) is 27.7 Å². The van der Waals surface area contributed by atoms with Gasteiger partial charge in [-0.1, -0.05) is 23.2 Å². The molecule has 0 radical (unpaired) electrons. The van der Waals surface area contributed by atoms with Crippen molar-refractivity contribution >= 4 is 40.9 Å². The van der Waals surface area contributed by atoms with Crippen LogP contribution in [0.25, 0.3) is 0 Å². The molecule has 2 aliphatic heterocycles. The summed E-state index contributed by atoms with van der Waals surface area (Å²) in [5, 5.41) is 13.0. The van der Waals surface area contributed by atoms with Gasteiger partial charge in [-0.05, 0) is 24.3 Å². The van der Waals surface area contributed by atoms with Crippen LogP contribution in [-0.2, 0) is 0 Å². The fraction of sp³-hybridized carbons (Fsp3) is 0.500. The Morgan fingerprint density at radius 1 is 1.43 bits per heavy atom. The highest BCUT2D eigenvalue weighted by molar-refractivity contribution is 8.02. The van der Waals surface area contributed by atoms with Crippen LogP contribution in [-0.4, -0.2) is 52.6 Å². The molecule has 2 aliphatic rings. The molecule has 3 rings (SSSR count). The minimum atomic E-state index is -0.356. The van der Waals surface area contributed by atoms with E-state index in [9.17, 15) is 9.90 Å². The van der Waals surface area contributed by atoms with Crippen molar-refractivity contribution in [2.45, 2.75) is 11.2 Å². The van der Waals surface area contributed by atoms with E-state index in [2.05, 4.69) is 10.2 Å². The topological polar surface area (TPSA) is 52.6 Å². The molecule has 0 unspecified atom stereocenters. The second-order valence-corrected chi connectivity index (χ2v) is 7.94. The Kier molecular flexibility index (Phi) is 4.28. The Hall–Kier alpha value is -0.620. The maximum absolute atomic E-state index is 12.0. The van der Waals surface area contributed by atoms with E-state index in [1.54, 1.807) is 0 Å². The van der Waals surface area contributed by atoms with Gasteiger partial charge in [-0.15, -0.1) is 0 Å². The lowest BCUT2D eigenvalue weighted by Crippen LogP contribution is -2.64. The number of phenolic OH excluding ortho intramolecular Hbond substituents is 1. The van der Waals surface area contributed by atoms with E-state index in [1.807, 2.05) is 11.8 Å². The summed E-state index contributed by atoms with van der Waals surface area (Å²) in [5.41, 5.74) is 0.113. The Balaban J connectivity index is 1.48. The molecule has 2 heterocycles. The number of rotatable bonds is 4. The predicted molar refractivity (Wildman–Crippen MR) is 86.7 cm³/mol. The van der Waals surface area contributed by atoms with Crippen molar-refractivity contribution in [1.82, 2.24) is 10.2 Å². The van der Waals surface area contributed by atoms with Crippen molar-refractivity contribution in [3.63, 3.8) is 0 Å². The van der Waals surface area contributed by atoms with Gasteiger partial charge < -0.3 is 10.4 Å². The zero-order valence-corrected chi connectivity index (χ0v) is 13.7. The quantitative estimate of drug-likeness (QED) is 0.879. The number of aromatic hydroxyl groups is 1. The molecular weight excluding hydrogens is 331 g/mol. The predicted octanol–water partition coefficient (Wildman–Crippen LogP) is 2.62. The smallest absolute Gasteiger partial charge is 0.255 e. The van der Waals surface area contributed by atoms with E-state index in [0.717, 1.165) is 19.6 Å². The van der Waals surface area contributed by atoms with Gasteiger partial charge in [0.2, 0.25) is 0 Å². The van der Waals surface area contributed by atoms with Gasteiger partial charge in [-0.25, -0.2) is 0 Å². The maximum Gasteiger partial charge on any atom is 0.255 e. The van der Waals surface area contributed by atoms with Crippen molar-refractivity contribution < 1.29 is 9.90 Å². The van der Waals surface area contributed by atoms with Gasteiger partial charge in [-0.3, -0.25) is 9.69 Å². The monoisotopic (exact) mass is 346 g/mol. The summed E-state index contributed by atoms with van der Waals surface area (Å²) in [6.07, 6.45) is 1.31. The van der Waals surface area contributed by atoms with Crippen LogP contribution in [0.3, 0.4) is 0 Å². The first-order chi connectivity index (χ1) is 9.99. The molecule has 0 bridgehead atoms. The van der Waals surface area contributed by atoms with Crippen molar-refractivity contribution in [2.24, 2.45) is 0 Å². The summed E-state index contributed by atoms with van der Waals surface area (Å²) >= 11 is 13.7. The summed E-state index contributed by atoms with van der Waals surface area (Å²) < 4.78 is 0.517. The molecule has 7 heteroatoms. The second kappa shape index (κ2) is 5.88. The van der Waals surface area contributed by atoms with Crippen LogP contribution in [0.1, 0.15) is 16.8 Å². The average molecular weight is 347 g/mol. The molecule has 2 saturated heterocycles. The number of halogens is 2. The lowest BCUT2D eigenvalue weighted by molar-refractivity contribution is 0.0913. The lowest BCUT2D eigenvalue weighted by atomic mass is 9.95. The van der Waals surface area contributed by atoms with E-state index in [1.165, 1.54) is 24.3 Å². The van der Waals surface area contributed by atoms with Crippen LogP contribution < -0.4 is 5.32 Å². The third-order valence-corrected chi connectivity index (χ3v) is 5.97. The molecule has 2 N–H and O–H groups in total. The molecule has 21 heavy (non-hydrogen) atoms. The Morgan fingerprint density at radius 2 is 2.14 bits per heavy atom. The fourth-order valence-electron chi connectivity index (χ4n) is 2.73. The number of nitrogens with zero attached hydrogens (tertiary/aromatic N) is 1. The fourth-order valence-corrected chi connectivity index (χ4v) is 4.55. The Bertz CT molecular complexity index is 570. The van der Waals surface area contributed by atoms with Crippen molar-refractivity contribution in [2.75, 3.05) is 31.9 Å². The molecule has 114 valence electrons. The second-order valence-electron chi connectivity index (χ2n) is 5.53. The number of thioether (sulfide) groups is 1. The number of carbonyl (C=O) groups is 1. The maximum atomic E-state index is 12.0. The third kappa shape index (κ3) is 3.11. The summed E-state index contributed by atoms with van der Waals surface area (Å²) in [6, 6.07) is 2.83. The van der Waals surface area contributed by atoms with Gasteiger partial charge in [0.05, 0.1) is 10.6 Å². The zero-order chi connectivity index (χ0) is 15.0. The van der Waals surface area contributed by atoms with Crippen LogP contribution in [0, 0.1) is 0 Å². The highest BCUT2D eigenvalue weighted by atomic mass is 35.5. The normalized spacial score (nSPS) is 19.9. The first kappa shape index (κ1) is 15.3. The molecular formula is C14H16Cl2N2O2S. The molecule has 4 nitrogen and oxygen atoms in total. The molecule has 1 aromatic rings. The van der Waals surface area contributed by atoms with Crippen LogP contribution in [0.5, 0.6) is 5.75 Å². The molecule has 0 aliphatic carbocycles. The number of hydrogen-bond acceptors (Lipinski definition) is 4. The molecule has 0 saturated carbocycles. The summed E-state index contributed by atoms with van der Waals surface area (Å²) in [7, 11) is 0. The number of amides is 1. The van der Waals surface area contributed by atoms with E-state index < -0.39 is 0 Å². The zero-order valence-electron chi connectivity index (χ0n) is 11.4. The number of nitrogens with one attached hydrogen (secondary N) is 1. The van der Waals surface area contributed by atoms with E-state index in [-0.39, 0.29) is 22.2 Å². The van der Waals surface area contributed by atoms with E-state index in [4.69, 9.17) is 23.2 Å². The SMILES string of the molecule is O=C(NCCN1CC2(CCS2)C1)c1cc(Cl)cc(Cl)c1O. The van der Waals surface area contributed by atoms with Crippen LogP contribution in [0.15, 0.2) is 12.1 Å². The van der Waals surface area contributed by atoms with Gasteiger partial charge in [0.15, 0.2) is 0 Å². The lowest BCUT2D eigenvalue weighted by Gasteiger charge is -2.55. The number of likely N-dealkylation sites (tertiary alicyclic amines) is 1. The molecule has 0 atom stereocenters.